The molecule has 0 spiro atoms. The third-order valence-corrected chi connectivity index (χ3v) is 3.10. The minimum absolute atomic E-state index is 0.731. The molecule has 0 N–H and O–H groups in total. The molecular formula is C14H13N3. The number of rotatable bonds is 1. The summed E-state index contributed by atoms with van der Waals surface area (Å²) >= 11 is 0. The summed E-state index contributed by atoms with van der Waals surface area (Å²) in [5, 5.41) is 1.07. The summed E-state index contributed by atoms with van der Waals surface area (Å²) in [5.74, 6) is 0.731. The topological polar surface area (TPSA) is 30.7 Å². The van der Waals surface area contributed by atoms with Gasteiger partial charge in [-0.25, -0.2) is 9.97 Å². The van der Waals surface area contributed by atoms with Crippen molar-refractivity contribution >= 4 is 10.9 Å². The van der Waals surface area contributed by atoms with Crippen LogP contribution in [0.3, 0.4) is 0 Å². The van der Waals surface area contributed by atoms with Gasteiger partial charge in [0.1, 0.15) is 0 Å². The maximum atomic E-state index is 4.57. The van der Waals surface area contributed by atoms with Crippen LogP contribution in [0.4, 0.5) is 0 Å². The molecule has 84 valence electrons. The lowest BCUT2D eigenvalue weighted by Crippen LogP contribution is -2.01. The first-order valence-electron chi connectivity index (χ1n) is 5.62. The van der Waals surface area contributed by atoms with Gasteiger partial charge >= 0.3 is 0 Å². The molecule has 0 unspecified atom stereocenters. The van der Waals surface area contributed by atoms with E-state index >= 15 is 0 Å². The lowest BCUT2D eigenvalue weighted by Gasteiger charge is -2.05. The quantitative estimate of drug-likeness (QED) is 0.634. The van der Waals surface area contributed by atoms with Crippen LogP contribution in [0.2, 0.25) is 0 Å². The first kappa shape index (κ1) is 10.0. The zero-order valence-electron chi connectivity index (χ0n) is 9.88. The van der Waals surface area contributed by atoms with Crippen LogP contribution < -0.4 is 0 Å². The molecule has 2 aromatic heterocycles. The van der Waals surface area contributed by atoms with Gasteiger partial charge < -0.3 is 0 Å². The third kappa shape index (κ3) is 1.60. The van der Waals surface area contributed by atoms with E-state index in [1.165, 1.54) is 11.3 Å². The molecule has 0 saturated carbocycles. The van der Waals surface area contributed by atoms with Gasteiger partial charge in [-0.15, -0.1) is 0 Å². The maximum Gasteiger partial charge on any atom is 0.234 e. The molecule has 0 aliphatic heterocycles. The molecule has 0 radical (unpaired) electrons. The van der Waals surface area contributed by atoms with Crippen molar-refractivity contribution in [1.82, 2.24) is 14.5 Å². The van der Waals surface area contributed by atoms with E-state index in [0.717, 1.165) is 16.9 Å². The second kappa shape index (κ2) is 3.70. The molecule has 2 heterocycles. The second-order valence-corrected chi connectivity index (χ2v) is 4.18. The zero-order chi connectivity index (χ0) is 11.8. The highest BCUT2D eigenvalue weighted by Crippen LogP contribution is 2.15. The van der Waals surface area contributed by atoms with Gasteiger partial charge in [-0.2, -0.15) is 0 Å². The summed E-state index contributed by atoms with van der Waals surface area (Å²) in [5.41, 5.74) is 3.41. The maximum absolute atomic E-state index is 4.57. The van der Waals surface area contributed by atoms with Crippen LogP contribution in [0.5, 0.6) is 0 Å². The third-order valence-electron chi connectivity index (χ3n) is 3.10. The first-order chi connectivity index (χ1) is 8.25. The Labute approximate surface area is 99.8 Å². The summed E-state index contributed by atoms with van der Waals surface area (Å²) in [7, 11) is 0. The van der Waals surface area contributed by atoms with E-state index in [2.05, 4.69) is 29.9 Å². The van der Waals surface area contributed by atoms with E-state index in [1.54, 1.807) is 0 Å². The van der Waals surface area contributed by atoms with Crippen molar-refractivity contribution in [1.29, 1.82) is 0 Å². The van der Waals surface area contributed by atoms with E-state index in [-0.39, 0.29) is 0 Å². The summed E-state index contributed by atoms with van der Waals surface area (Å²) in [6.07, 6.45) is 3.88. The summed E-state index contributed by atoms with van der Waals surface area (Å²) in [6, 6.07) is 10.1. The van der Waals surface area contributed by atoms with Crippen LogP contribution in [0.1, 0.15) is 11.3 Å². The Hall–Kier alpha value is -2.16. The van der Waals surface area contributed by atoms with Crippen molar-refractivity contribution in [2.45, 2.75) is 13.8 Å². The molecule has 3 aromatic rings. The van der Waals surface area contributed by atoms with Gasteiger partial charge in [0.15, 0.2) is 0 Å². The number of hydrogen-bond acceptors (Lipinski definition) is 2. The van der Waals surface area contributed by atoms with Crippen LogP contribution in [0, 0.1) is 13.8 Å². The normalized spacial score (nSPS) is 10.9. The van der Waals surface area contributed by atoms with Crippen molar-refractivity contribution in [3.8, 4) is 5.95 Å². The Morgan fingerprint density at radius 1 is 1.06 bits per heavy atom. The fourth-order valence-electron chi connectivity index (χ4n) is 1.90. The lowest BCUT2D eigenvalue weighted by molar-refractivity contribution is 0.911. The molecule has 3 nitrogen and oxygen atoms in total. The van der Waals surface area contributed by atoms with Crippen LogP contribution >= 0.6 is 0 Å². The van der Waals surface area contributed by atoms with Crippen LogP contribution in [0.25, 0.3) is 16.9 Å². The molecule has 0 fully saturated rings. The Kier molecular flexibility index (Phi) is 2.18. The molecule has 17 heavy (non-hydrogen) atoms. The molecule has 3 rings (SSSR count). The lowest BCUT2D eigenvalue weighted by atomic mass is 10.2. The highest BCUT2D eigenvalue weighted by atomic mass is 15.1. The van der Waals surface area contributed by atoms with Gasteiger partial charge in [-0.3, -0.25) is 4.57 Å². The fourth-order valence-corrected chi connectivity index (χ4v) is 1.90. The minimum atomic E-state index is 0.731. The number of aryl methyl sites for hydroxylation is 1. The largest absolute Gasteiger partial charge is 0.290 e. The smallest absolute Gasteiger partial charge is 0.234 e. The standard InChI is InChI=1S/C14H13N3/c1-10-7-8-17(11(10)2)14-15-9-12-5-3-4-6-13(12)16-14/h3-9H,1-2H3. The molecule has 3 heteroatoms. The molecule has 0 amide bonds. The van der Waals surface area contributed by atoms with E-state index < -0.39 is 0 Å². The highest BCUT2D eigenvalue weighted by Gasteiger charge is 2.05. The molecule has 0 aliphatic carbocycles. The van der Waals surface area contributed by atoms with E-state index in [9.17, 15) is 0 Å². The summed E-state index contributed by atoms with van der Waals surface area (Å²) in [6.45, 7) is 4.17. The van der Waals surface area contributed by atoms with Gasteiger partial charge in [0, 0.05) is 23.5 Å². The van der Waals surface area contributed by atoms with Crippen LogP contribution in [-0.2, 0) is 0 Å². The number of nitrogens with zero attached hydrogens (tertiary/aromatic N) is 3. The Morgan fingerprint density at radius 3 is 2.65 bits per heavy atom. The Balaban J connectivity index is 2.21. The fraction of sp³-hybridized carbons (Fsp3) is 0.143. The second-order valence-electron chi connectivity index (χ2n) is 4.18. The van der Waals surface area contributed by atoms with Crippen molar-refractivity contribution in [2.24, 2.45) is 0 Å². The number of fused-ring (bicyclic) bond motifs is 1. The average molecular weight is 223 g/mol. The van der Waals surface area contributed by atoms with Crippen LogP contribution in [-0.4, -0.2) is 14.5 Å². The molecular weight excluding hydrogens is 210 g/mol. The predicted molar refractivity (Wildman–Crippen MR) is 68.3 cm³/mol. The monoisotopic (exact) mass is 223 g/mol. The SMILES string of the molecule is Cc1ccn(-c2ncc3ccccc3n2)c1C. The van der Waals surface area contributed by atoms with Crippen molar-refractivity contribution in [3.05, 3.63) is 54.0 Å². The number of benzene rings is 1. The molecule has 0 saturated heterocycles. The van der Waals surface area contributed by atoms with Gasteiger partial charge in [0.2, 0.25) is 5.95 Å². The summed E-state index contributed by atoms with van der Waals surface area (Å²) < 4.78 is 2.02. The van der Waals surface area contributed by atoms with E-state index in [4.69, 9.17) is 0 Å². The Morgan fingerprint density at radius 2 is 1.88 bits per heavy atom. The van der Waals surface area contributed by atoms with Crippen molar-refractivity contribution in [3.63, 3.8) is 0 Å². The highest BCUT2D eigenvalue weighted by molar-refractivity contribution is 5.77. The molecule has 1 aromatic carbocycles. The average Bonchev–Trinajstić information content (AvgIpc) is 2.70. The summed E-state index contributed by atoms with van der Waals surface area (Å²) in [4.78, 5) is 8.97. The molecule has 0 atom stereocenters. The van der Waals surface area contributed by atoms with Gasteiger partial charge in [-0.05, 0) is 31.5 Å². The molecule has 0 aliphatic rings. The van der Waals surface area contributed by atoms with Crippen molar-refractivity contribution < 1.29 is 0 Å². The first-order valence-corrected chi connectivity index (χ1v) is 5.62. The Bertz CT molecular complexity index is 683. The zero-order valence-corrected chi connectivity index (χ0v) is 9.88. The predicted octanol–water partition coefficient (Wildman–Crippen LogP) is 3.04. The van der Waals surface area contributed by atoms with Gasteiger partial charge in [0.05, 0.1) is 5.52 Å². The number of aromatic nitrogens is 3. The van der Waals surface area contributed by atoms with Gasteiger partial charge in [-0.1, -0.05) is 18.2 Å². The van der Waals surface area contributed by atoms with Crippen LogP contribution in [0.15, 0.2) is 42.7 Å². The number of para-hydroxylation sites is 1. The van der Waals surface area contributed by atoms with Crippen molar-refractivity contribution in [2.75, 3.05) is 0 Å². The minimum Gasteiger partial charge on any atom is -0.290 e. The molecule has 0 bridgehead atoms. The number of hydrogen-bond donors (Lipinski definition) is 0. The van der Waals surface area contributed by atoms with E-state index in [0.29, 0.717) is 0 Å². The van der Waals surface area contributed by atoms with Gasteiger partial charge in [0.25, 0.3) is 0 Å². The van der Waals surface area contributed by atoms with E-state index in [1.807, 2.05) is 41.2 Å².